The predicted molar refractivity (Wildman–Crippen MR) is 90.5 cm³/mol. The first kappa shape index (κ1) is 15.4. The van der Waals surface area contributed by atoms with Crippen molar-refractivity contribution in [2.45, 2.75) is 31.3 Å². The Morgan fingerprint density at radius 3 is 2.71 bits per heavy atom. The van der Waals surface area contributed by atoms with Gasteiger partial charge in [0, 0.05) is 50.4 Å². The van der Waals surface area contributed by atoms with E-state index in [1.165, 1.54) is 6.42 Å². The first-order valence-corrected chi connectivity index (χ1v) is 8.56. The van der Waals surface area contributed by atoms with Gasteiger partial charge in [-0.3, -0.25) is 14.9 Å². The summed E-state index contributed by atoms with van der Waals surface area (Å²) in [6.07, 6.45) is 10.2. The fraction of sp³-hybridized carbons (Fsp3) is 0.529. The Morgan fingerprint density at radius 2 is 1.96 bits per heavy atom. The minimum absolute atomic E-state index is 0.417. The Labute approximate surface area is 141 Å². The molecule has 0 aliphatic carbocycles. The molecule has 1 N–H and O–H groups in total. The van der Waals surface area contributed by atoms with Crippen molar-refractivity contribution in [2.75, 3.05) is 31.6 Å². The number of likely N-dealkylation sites (tertiary alicyclic amines) is 1. The molecule has 0 amide bonds. The SMILES string of the molecule is c1cnc(-c2ccnc(NC3CCN(C4CCOC4)CC3)n2)cn1. The molecule has 4 heterocycles. The van der Waals surface area contributed by atoms with Crippen molar-refractivity contribution in [3.05, 3.63) is 30.9 Å². The molecule has 0 aromatic carbocycles. The van der Waals surface area contributed by atoms with Gasteiger partial charge in [0.1, 0.15) is 5.69 Å². The minimum Gasteiger partial charge on any atom is -0.380 e. The van der Waals surface area contributed by atoms with Crippen molar-refractivity contribution >= 4 is 5.95 Å². The van der Waals surface area contributed by atoms with Gasteiger partial charge in [-0.15, -0.1) is 0 Å². The van der Waals surface area contributed by atoms with Crippen LogP contribution in [0.4, 0.5) is 5.95 Å². The Bertz CT molecular complexity index is 653. The molecule has 7 nitrogen and oxygen atoms in total. The van der Waals surface area contributed by atoms with Crippen LogP contribution in [0.25, 0.3) is 11.4 Å². The van der Waals surface area contributed by atoms with Crippen LogP contribution in [0.15, 0.2) is 30.9 Å². The minimum atomic E-state index is 0.417. The summed E-state index contributed by atoms with van der Waals surface area (Å²) in [6.45, 7) is 4.01. The zero-order valence-corrected chi connectivity index (χ0v) is 13.6. The van der Waals surface area contributed by atoms with Gasteiger partial charge >= 0.3 is 0 Å². The zero-order chi connectivity index (χ0) is 16.2. The molecule has 2 fully saturated rings. The Kier molecular flexibility index (Phi) is 4.62. The highest BCUT2D eigenvalue weighted by atomic mass is 16.5. The molecule has 0 bridgehead atoms. The number of piperidine rings is 1. The molecule has 2 saturated heterocycles. The van der Waals surface area contributed by atoms with Gasteiger partial charge in [-0.05, 0) is 25.3 Å². The van der Waals surface area contributed by atoms with E-state index in [2.05, 4.69) is 30.2 Å². The molecule has 2 aliphatic heterocycles. The lowest BCUT2D eigenvalue weighted by Crippen LogP contribution is -2.45. The summed E-state index contributed by atoms with van der Waals surface area (Å²) in [5.74, 6) is 0.667. The predicted octanol–water partition coefficient (Wildman–Crippen LogP) is 1.60. The van der Waals surface area contributed by atoms with Crippen molar-refractivity contribution in [2.24, 2.45) is 0 Å². The lowest BCUT2D eigenvalue weighted by molar-refractivity contribution is 0.124. The molecule has 1 atom stereocenters. The van der Waals surface area contributed by atoms with Gasteiger partial charge in [-0.25, -0.2) is 9.97 Å². The average Bonchev–Trinajstić information content (AvgIpc) is 3.18. The van der Waals surface area contributed by atoms with Crippen LogP contribution in [0.1, 0.15) is 19.3 Å². The summed E-state index contributed by atoms with van der Waals surface area (Å²) < 4.78 is 5.50. The number of rotatable bonds is 4. The van der Waals surface area contributed by atoms with Crippen molar-refractivity contribution < 1.29 is 4.74 Å². The lowest BCUT2D eigenvalue weighted by atomic mass is 10.0. The van der Waals surface area contributed by atoms with Crippen molar-refractivity contribution in [3.63, 3.8) is 0 Å². The van der Waals surface area contributed by atoms with Crippen molar-refractivity contribution in [3.8, 4) is 11.4 Å². The number of anilines is 1. The molecule has 1 unspecified atom stereocenters. The van der Waals surface area contributed by atoms with Crippen LogP contribution in [0.5, 0.6) is 0 Å². The topological polar surface area (TPSA) is 76.1 Å². The lowest BCUT2D eigenvalue weighted by Gasteiger charge is -2.35. The monoisotopic (exact) mass is 326 g/mol. The zero-order valence-electron chi connectivity index (χ0n) is 13.6. The quantitative estimate of drug-likeness (QED) is 0.914. The molecule has 24 heavy (non-hydrogen) atoms. The molecule has 2 aliphatic rings. The Hall–Kier alpha value is -2.12. The van der Waals surface area contributed by atoms with E-state index in [-0.39, 0.29) is 0 Å². The van der Waals surface area contributed by atoms with Gasteiger partial charge in [0.15, 0.2) is 0 Å². The highest BCUT2D eigenvalue weighted by Gasteiger charge is 2.27. The van der Waals surface area contributed by atoms with Crippen LogP contribution in [-0.4, -0.2) is 63.2 Å². The number of ether oxygens (including phenoxy) is 1. The number of nitrogens with one attached hydrogen (secondary N) is 1. The largest absolute Gasteiger partial charge is 0.380 e. The molecule has 0 spiro atoms. The van der Waals surface area contributed by atoms with E-state index in [0.717, 1.165) is 50.5 Å². The number of nitrogens with zero attached hydrogens (tertiary/aromatic N) is 5. The second-order valence-corrected chi connectivity index (χ2v) is 6.33. The van der Waals surface area contributed by atoms with Gasteiger partial charge < -0.3 is 10.1 Å². The van der Waals surface area contributed by atoms with Gasteiger partial charge in [-0.1, -0.05) is 0 Å². The Morgan fingerprint density at radius 1 is 1.04 bits per heavy atom. The third-order valence-corrected chi connectivity index (χ3v) is 4.77. The molecule has 2 aromatic rings. The van der Waals surface area contributed by atoms with E-state index < -0.39 is 0 Å². The fourth-order valence-corrected chi connectivity index (χ4v) is 3.40. The maximum Gasteiger partial charge on any atom is 0.223 e. The molecule has 0 radical (unpaired) electrons. The second kappa shape index (κ2) is 7.19. The standard InChI is InChI=1S/C17H22N6O/c1-5-20-17(22-15(1)16-11-18-6-7-19-16)21-13-2-8-23(9-3-13)14-4-10-24-12-14/h1,5-7,11,13-14H,2-4,8-10,12H2,(H,20,21,22). The molecular weight excluding hydrogens is 304 g/mol. The summed E-state index contributed by atoms with van der Waals surface area (Å²) in [7, 11) is 0. The van der Waals surface area contributed by atoms with Crippen LogP contribution < -0.4 is 5.32 Å². The van der Waals surface area contributed by atoms with E-state index >= 15 is 0 Å². The van der Waals surface area contributed by atoms with E-state index in [1.807, 2.05) is 6.07 Å². The molecular formula is C17H22N6O. The summed E-state index contributed by atoms with van der Waals surface area (Å²) in [6, 6.07) is 2.89. The third kappa shape index (κ3) is 3.52. The second-order valence-electron chi connectivity index (χ2n) is 6.33. The smallest absolute Gasteiger partial charge is 0.223 e. The Balaban J connectivity index is 1.36. The maximum absolute atomic E-state index is 5.50. The van der Waals surface area contributed by atoms with Crippen molar-refractivity contribution in [1.29, 1.82) is 0 Å². The van der Waals surface area contributed by atoms with Crippen LogP contribution in [0, 0.1) is 0 Å². The summed E-state index contributed by atoms with van der Waals surface area (Å²) >= 11 is 0. The molecule has 2 aromatic heterocycles. The third-order valence-electron chi connectivity index (χ3n) is 4.77. The first-order valence-electron chi connectivity index (χ1n) is 8.56. The maximum atomic E-state index is 5.50. The molecule has 4 rings (SSSR count). The fourth-order valence-electron chi connectivity index (χ4n) is 3.40. The van der Waals surface area contributed by atoms with Gasteiger partial charge in [0.05, 0.1) is 18.5 Å². The summed E-state index contributed by atoms with van der Waals surface area (Å²) in [5, 5.41) is 3.47. The first-order chi connectivity index (χ1) is 11.9. The number of hydrogen-bond acceptors (Lipinski definition) is 7. The number of aromatic nitrogens is 4. The van der Waals surface area contributed by atoms with Gasteiger partial charge in [0.25, 0.3) is 0 Å². The highest BCUT2D eigenvalue weighted by molar-refractivity contribution is 5.53. The molecule has 0 saturated carbocycles. The van der Waals surface area contributed by atoms with Crippen LogP contribution in [-0.2, 0) is 4.74 Å². The summed E-state index contributed by atoms with van der Waals surface area (Å²) in [4.78, 5) is 19.9. The van der Waals surface area contributed by atoms with Gasteiger partial charge in [0.2, 0.25) is 5.95 Å². The normalized spacial score (nSPS) is 22.6. The highest BCUT2D eigenvalue weighted by Crippen LogP contribution is 2.21. The van der Waals surface area contributed by atoms with E-state index in [4.69, 9.17) is 4.74 Å². The van der Waals surface area contributed by atoms with Crippen LogP contribution >= 0.6 is 0 Å². The van der Waals surface area contributed by atoms with Crippen LogP contribution in [0.3, 0.4) is 0 Å². The summed E-state index contributed by atoms with van der Waals surface area (Å²) in [5.41, 5.74) is 1.56. The van der Waals surface area contributed by atoms with E-state index in [1.54, 1.807) is 24.8 Å². The van der Waals surface area contributed by atoms with Crippen LogP contribution in [0.2, 0.25) is 0 Å². The number of hydrogen-bond donors (Lipinski definition) is 1. The van der Waals surface area contributed by atoms with E-state index in [9.17, 15) is 0 Å². The molecule has 7 heteroatoms. The van der Waals surface area contributed by atoms with Crippen molar-refractivity contribution in [1.82, 2.24) is 24.8 Å². The van der Waals surface area contributed by atoms with Gasteiger partial charge in [-0.2, -0.15) is 0 Å². The average molecular weight is 326 g/mol. The molecule has 126 valence electrons. The van der Waals surface area contributed by atoms with E-state index in [0.29, 0.717) is 18.0 Å².